The van der Waals surface area contributed by atoms with Gasteiger partial charge >= 0.3 is 0 Å². The molecule has 0 aromatic heterocycles. The highest BCUT2D eigenvalue weighted by Crippen LogP contribution is 2.24. The van der Waals surface area contributed by atoms with Crippen LogP contribution in [0.1, 0.15) is 46.1 Å². The summed E-state index contributed by atoms with van der Waals surface area (Å²) in [5, 5.41) is 2.89. The number of nitrogens with one attached hydrogen (secondary N) is 1. The van der Waals surface area contributed by atoms with Crippen LogP contribution in [-0.4, -0.2) is 31.3 Å². The third-order valence-electron chi connectivity index (χ3n) is 3.93. The van der Waals surface area contributed by atoms with Crippen molar-refractivity contribution in [2.45, 2.75) is 58.2 Å². The minimum Gasteiger partial charge on any atom is -0.481 e. The lowest BCUT2D eigenvalue weighted by molar-refractivity contribution is -0.127. The van der Waals surface area contributed by atoms with E-state index in [-0.39, 0.29) is 17.4 Å². The van der Waals surface area contributed by atoms with E-state index in [9.17, 15) is 4.79 Å². The molecule has 1 amide bonds. The van der Waals surface area contributed by atoms with Crippen LogP contribution in [0.25, 0.3) is 0 Å². The van der Waals surface area contributed by atoms with Crippen LogP contribution in [-0.2, 0) is 14.9 Å². The standard InChI is InChI=1S/C18H27NO3/c1-13(17(20)19-12-16-6-5-11-21-16)22-15-9-7-14(8-10-15)18(2,3)4/h7-10,13,16H,5-6,11-12H2,1-4H3,(H,19,20)/t13-,16-/m0/s1. The quantitative estimate of drug-likeness (QED) is 0.909. The summed E-state index contributed by atoms with van der Waals surface area (Å²) in [6.07, 6.45) is 1.74. The third-order valence-corrected chi connectivity index (χ3v) is 3.93. The van der Waals surface area contributed by atoms with Gasteiger partial charge in [0, 0.05) is 13.2 Å². The molecule has 122 valence electrons. The zero-order chi connectivity index (χ0) is 16.2. The van der Waals surface area contributed by atoms with Gasteiger partial charge in [-0.1, -0.05) is 32.9 Å². The lowest BCUT2D eigenvalue weighted by Gasteiger charge is -2.20. The van der Waals surface area contributed by atoms with Crippen LogP contribution >= 0.6 is 0 Å². The second kappa shape index (κ2) is 7.14. The van der Waals surface area contributed by atoms with E-state index in [1.165, 1.54) is 5.56 Å². The van der Waals surface area contributed by atoms with Crippen LogP contribution in [0.2, 0.25) is 0 Å². The summed E-state index contributed by atoms with van der Waals surface area (Å²) in [6, 6.07) is 7.94. The van der Waals surface area contributed by atoms with Crippen molar-refractivity contribution in [3.63, 3.8) is 0 Å². The SMILES string of the molecule is C[C@H](Oc1ccc(C(C)(C)C)cc1)C(=O)NC[C@@H]1CCCO1. The Kier molecular flexibility index (Phi) is 5.46. The first-order valence-electron chi connectivity index (χ1n) is 8.03. The number of hydrogen-bond acceptors (Lipinski definition) is 3. The first-order chi connectivity index (χ1) is 10.4. The average Bonchev–Trinajstić information content (AvgIpc) is 2.97. The number of ether oxygens (including phenoxy) is 2. The monoisotopic (exact) mass is 305 g/mol. The number of hydrogen-bond donors (Lipinski definition) is 1. The maximum Gasteiger partial charge on any atom is 0.260 e. The maximum absolute atomic E-state index is 12.0. The highest BCUT2D eigenvalue weighted by Gasteiger charge is 2.20. The topological polar surface area (TPSA) is 47.6 Å². The number of amides is 1. The first kappa shape index (κ1) is 16.8. The molecule has 1 fully saturated rings. The molecule has 2 atom stereocenters. The van der Waals surface area contributed by atoms with Crippen molar-refractivity contribution in [2.24, 2.45) is 0 Å². The molecule has 1 N–H and O–H groups in total. The van der Waals surface area contributed by atoms with Crippen LogP contribution in [0, 0.1) is 0 Å². The molecule has 1 aliphatic heterocycles. The molecule has 1 aliphatic rings. The normalized spacial score (nSPS) is 19.7. The van der Waals surface area contributed by atoms with Crippen molar-refractivity contribution >= 4 is 5.91 Å². The summed E-state index contributed by atoms with van der Waals surface area (Å²) in [4.78, 5) is 12.0. The second-order valence-electron chi connectivity index (χ2n) is 6.91. The highest BCUT2D eigenvalue weighted by atomic mass is 16.5. The first-order valence-corrected chi connectivity index (χ1v) is 8.03. The molecule has 1 saturated heterocycles. The second-order valence-corrected chi connectivity index (χ2v) is 6.91. The molecular formula is C18H27NO3. The van der Waals surface area contributed by atoms with E-state index in [0.29, 0.717) is 12.3 Å². The molecule has 0 bridgehead atoms. The minimum atomic E-state index is -0.512. The molecule has 1 aromatic carbocycles. The number of rotatable bonds is 5. The Morgan fingerprint density at radius 1 is 1.36 bits per heavy atom. The molecule has 4 heteroatoms. The zero-order valence-corrected chi connectivity index (χ0v) is 14.0. The molecule has 0 aliphatic carbocycles. The molecule has 1 aromatic rings. The van der Waals surface area contributed by atoms with Gasteiger partial charge in [0.1, 0.15) is 5.75 Å². The van der Waals surface area contributed by atoms with E-state index in [1.807, 2.05) is 24.3 Å². The van der Waals surface area contributed by atoms with E-state index >= 15 is 0 Å². The predicted octanol–water partition coefficient (Wildman–Crippen LogP) is 3.05. The molecule has 2 rings (SSSR count). The van der Waals surface area contributed by atoms with Crippen molar-refractivity contribution in [3.05, 3.63) is 29.8 Å². The van der Waals surface area contributed by atoms with Crippen molar-refractivity contribution in [2.75, 3.05) is 13.2 Å². The Morgan fingerprint density at radius 3 is 2.59 bits per heavy atom. The summed E-state index contributed by atoms with van der Waals surface area (Å²) in [5.74, 6) is 0.614. The van der Waals surface area contributed by atoms with E-state index < -0.39 is 6.10 Å². The van der Waals surface area contributed by atoms with Crippen molar-refractivity contribution in [1.82, 2.24) is 5.32 Å². The van der Waals surface area contributed by atoms with Gasteiger partial charge in [-0.3, -0.25) is 4.79 Å². The van der Waals surface area contributed by atoms with Crippen molar-refractivity contribution < 1.29 is 14.3 Å². The molecule has 0 saturated carbocycles. The van der Waals surface area contributed by atoms with Crippen molar-refractivity contribution in [3.8, 4) is 5.75 Å². The van der Waals surface area contributed by atoms with Crippen molar-refractivity contribution in [1.29, 1.82) is 0 Å². The molecule has 4 nitrogen and oxygen atoms in total. The fourth-order valence-corrected chi connectivity index (χ4v) is 2.45. The van der Waals surface area contributed by atoms with Gasteiger partial charge in [0.25, 0.3) is 5.91 Å². The predicted molar refractivity (Wildman–Crippen MR) is 87.2 cm³/mol. The fraction of sp³-hybridized carbons (Fsp3) is 0.611. The highest BCUT2D eigenvalue weighted by molar-refractivity contribution is 5.80. The summed E-state index contributed by atoms with van der Waals surface area (Å²) in [7, 11) is 0. The summed E-state index contributed by atoms with van der Waals surface area (Å²) >= 11 is 0. The Balaban J connectivity index is 1.82. The molecule has 0 radical (unpaired) electrons. The minimum absolute atomic E-state index is 0.101. The Hall–Kier alpha value is -1.55. The van der Waals surface area contributed by atoms with Gasteiger partial charge in [-0.25, -0.2) is 0 Å². The fourth-order valence-electron chi connectivity index (χ4n) is 2.45. The van der Waals surface area contributed by atoms with Crippen LogP contribution < -0.4 is 10.1 Å². The summed E-state index contributed by atoms with van der Waals surface area (Å²) in [5.41, 5.74) is 1.36. The third kappa shape index (κ3) is 4.73. The van der Waals surface area contributed by atoms with Gasteiger partial charge in [-0.15, -0.1) is 0 Å². The lowest BCUT2D eigenvalue weighted by Crippen LogP contribution is -2.40. The van der Waals surface area contributed by atoms with Crippen LogP contribution in [0.15, 0.2) is 24.3 Å². The van der Waals surface area contributed by atoms with Crippen LogP contribution in [0.5, 0.6) is 5.75 Å². The van der Waals surface area contributed by atoms with Gasteiger partial charge in [0.05, 0.1) is 6.10 Å². The number of benzene rings is 1. The molecular weight excluding hydrogens is 278 g/mol. The van der Waals surface area contributed by atoms with E-state index in [2.05, 4.69) is 26.1 Å². The van der Waals surface area contributed by atoms with Crippen LogP contribution in [0.3, 0.4) is 0 Å². The molecule has 1 heterocycles. The molecule has 22 heavy (non-hydrogen) atoms. The van der Waals surface area contributed by atoms with Gasteiger partial charge in [0.2, 0.25) is 0 Å². The lowest BCUT2D eigenvalue weighted by atomic mass is 9.87. The average molecular weight is 305 g/mol. The van der Waals surface area contributed by atoms with E-state index in [4.69, 9.17) is 9.47 Å². The van der Waals surface area contributed by atoms with Crippen LogP contribution in [0.4, 0.5) is 0 Å². The largest absolute Gasteiger partial charge is 0.481 e. The Labute approximate surface area is 133 Å². The maximum atomic E-state index is 12.0. The van der Waals surface area contributed by atoms with E-state index in [1.54, 1.807) is 6.92 Å². The smallest absolute Gasteiger partial charge is 0.260 e. The van der Waals surface area contributed by atoms with E-state index in [0.717, 1.165) is 19.4 Å². The number of carbonyl (C=O) groups is 1. The Morgan fingerprint density at radius 2 is 2.05 bits per heavy atom. The summed E-state index contributed by atoms with van der Waals surface area (Å²) < 4.78 is 11.2. The van der Waals surface area contributed by atoms with Gasteiger partial charge in [0.15, 0.2) is 6.10 Å². The molecule has 0 spiro atoms. The Bertz CT molecular complexity index is 484. The molecule has 0 unspecified atom stereocenters. The zero-order valence-electron chi connectivity index (χ0n) is 14.0. The van der Waals surface area contributed by atoms with Gasteiger partial charge in [-0.05, 0) is 42.9 Å². The summed E-state index contributed by atoms with van der Waals surface area (Å²) in [6.45, 7) is 9.64. The van der Waals surface area contributed by atoms with Gasteiger partial charge in [-0.2, -0.15) is 0 Å². The van der Waals surface area contributed by atoms with Gasteiger partial charge < -0.3 is 14.8 Å². The number of carbonyl (C=O) groups excluding carboxylic acids is 1.